The molecule has 0 bridgehead atoms. The summed E-state index contributed by atoms with van der Waals surface area (Å²) in [5.41, 5.74) is 1.38. The quantitative estimate of drug-likeness (QED) is 0.827. The predicted molar refractivity (Wildman–Crippen MR) is 97.8 cm³/mol. The molecule has 0 heterocycles. The molecule has 0 saturated heterocycles. The van der Waals surface area contributed by atoms with E-state index in [0.29, 0.717) is 24.4 Å². The number of nitrogens with zero attached hydrogens (tertiary/aromatic N) is 1. The topological polar surface area (TPSA) is 58.6 Å². The Balaban J connectivity index is 1.99. The number of methoxy groups -OCH3 is 1. The average molecular weight is 358 g/mol. The number of carbonyl (C=O) groups excluding carboxylic acids is 2. The van der Waals surface area contributed by atoms with Crippen molar-refractivity contribution in [3.63, 3.8) is 0 Å². The zero-order chi connectivity index (χ0) is 19.1. The Bertz CT molecular complexity index is 771. The Labute approximate surface area is 152 Å². The van der Waals surface area contributed by atoms with E-state index in [0.717, 1.165) is 5.56 Å². The van der Waals surface area contributed by atoms with Gasteiger partial charge in [0.15, 0.2) is 0 Å². The van der Waals surface area contributed by atoms with E-state index in [9.17, 15) is 14.0 Å². The van der Waals surface area contributed by atoms with Crippen molar-refractivity contribution in [3.8, 4) is 5.75 Å². The molecule has 0 aliphatic rings. The molecule has 0 aliphatic carbocycles. The van der Waals surface area contributed by atoms with Crippen LogP contribution in [0.25, 0.3) is 0 Å². The summed E-state index contributed by atoms with van der Waals surface area (Å²) in [7, 11) is 1.43. The Morgan fingerprint density at radius 3 is 2.27 bits per heavy atom. The molecule has 138 valence electrons. The molecule has 0 unspecified atom stereocenters. The van der Waals surface area contributed by atoms with Crippen molar-refractivity contribution < 1.29 is 18.7 Å². The zero-order valence-electron chi connectivity index (χ0n) is 15.2. The SMILES string of the molecule is CCN(CC)C(=O)c1ccc(CNC(=O)c2ccc(OC)cc2F)cc1. The fraction of sp³-hybridized carbons (Fsp3) is 0.300. The number of amides is 2. The molecule has 0 saturated carbocycles. The summed E-state index contributed by atoms with van der Waals surface area (Å²) in [6, 6.07) is 11.1. The minimum absolute atomic E-state index is 0.0223. The van der Waals surface area contributed by atoms with E-state index in [4.69, 9.17) is 4.74 Å². The van der Waals surface area contributed by atoms with E-state index in [2.05, 4.69) is 5.32 Å². The summed E-state index contributed by atoms with van der Waals surface area (Å²) in [5.74, 6) is -0.811. The maximum atomic E-state index is 13.9. The van der Waals surface area contributed by atoms with Crippen LogP contribution in [0.5, 0.6) is 5.75 Å². The van der Waals surface area contributed by atoms with Gasteiger partial charge in [-0.05, 0) is 43.7 Å². The van der Waals surface area contributed by atoms with Crippen LogP contribution in [-0.4, -0.2) is 36.9 Å². The molecule has 0 radical (unpaired) electrons. The standard InChI is InChI=1S/C20H23FN2O3/c1-4-23(5-2)20(25)15-8-6-14(7-9-15)13-22-19(24)17-11-10-16(26-3)12-18(17)21/h6-12H,4-5,13H2,1-3H3,(H,22,24). The molecule has 5 nitrogen and oxygen atoms in total. The molecule has 2 rings (SSSR count). The Morgan fingerprint density at radius 1 is 1.08 bits per heavy atom. The van der Waals surface area contributed by atoms with Gasteiger partial charge in [0.1, 0.15) is 11.6 Å². The third-order valence-corrected chi connectivity index (χ3v) is 4.13. The molecule has 2 aromatic rings. The highest BCUT2D eigenvalue weighted by atomic mass is 19.1. The number of hydrogen-bond acceptors (Lipinski definition) is 3. The lowest BCUT2D eigenvalue weighted by atomic mass is 10.1. The second-order valence-electron chi connectivity index (χ2n) is 5.70. The van der Waals surface area contributed by atoms with Gasteiger partial charge in [-0.15, -0.1) is 0 Å². The number of rotatable bonds is 7. The maximum absolute atomic E-state index is 13.9. The summed E-state index contributed by atoms with van der Waals surface area (Å²) >= 11 is 0. The highest BCUT2D eigenvalue weighted by molar-refractivity contribution is 5.95. The number of carbonyl (C=O) groups is 2. The van der Waals surface area contributed by atoms with Crippen LogP contribution in [0.3, 0.4) is 0 Å². The molecule has 26 heavy (non-hydrogen) atoms. The second-order valence-corrected chi connectivity index (χ2v) is 5.70. The number of halogens is 1. The Kier molecular flexibility index (Phi) is 6.72. The molecular weight excluding hydrogens is 335 g/mol. The molecule has 2 amide bonds. The van der Waals surface area contributed by atoms with Crippen molar-refractivity contribution in [3.05, 3.63) is 65.0 Å². The summed E-state index contributed by atoms with van der Waals surface area (Å²) in [6.07, 6.45) is 0. The lowest BCUT2D eigenvalue weighted by Crippen LogP contribution is -2.30. The monoisotopic (exact) mass is 358 g/mol. The lowest BCUT2D eigenvalue weighted by Gasteiger charge is -2.18. The summed E-state index contributed by atoms with van der Waals surface area (Å²) < 4.78 is 18.8. The van der Waals surface area contributed by atoms with Gasteiger partial charge in [-0.3, -0.25) is 9.59 Å². The van der Waals surface area contributed by atoms with Gasteiger partial charge in [0.25, 0.3) is 11.8 Å². The summed E-state index contributed by atoms with van der Waals surface area (Å²) in [5, 5.41) is 2.67. The second kappa shape index (κ2) is 8.99. The van der Waals surface area contributed by atoms with E-state index < -0.39 is 11.7 Å². The van der Waals surface area contributed by atoms with Crippen molar-refractivity contribution in [2.75, 3.05) is 20.2 Å². The highest BCUT2D eigenvalue weighted by Crippen LogP contribution is 2.16. The van der Waals surface area contributed by atoms with Crippen LogP contribution in [0.2, 0.25) is 0 Å². The lowest BCUT2D eigenvalue weighted by molar-refractivity contribution is 0.0772. The largest absolute Gasteiger partial charge is 0.497 e. The van der Waals surface area contributed by atoms with E-state index in [1.165, 1.54) is 25.3 Å². The van der Waals surface area contributed by atoms with Crippen LogP contribution in [0.15, 0.2) is 42.5 Å². The molecule has 0 fully saturated rings. The molecule has 0 spiro atoms. The van der Waals surface area contributed by atoms with Crippen molar-refractivity contribution in [2.24, 2.45) is 0 Å². The number of benzene rings is 2. The Hall–Kier alpha value is -2.89. The van der Waals surface area contributed by atoms with Gasteiger partial charge in [-0.25, -0.2) is 4.39 Å². The first-order chi connectivity index (χ1) is 12.5. The van der Waals surface area contributed by atoms with E-state index in [-0.39, 0.29) is 18.0 Å². The predicted octanol–water partition coefficient (Wildman–Crippen LogP) is 3.25. The highest BCUT2D eigenvalue weighted by Gasteiger charge is 2.14. The smallest absolute Gasteiger partial charge is 0.254 e. The minimum Gasteiger partial charge on any atom is -0.497 e. The van der Waals surface area contributed by atoms with Crippen molar-refractivity contribution in [2.45, 2.75) is 20.4 Å². The van der Waals surface area contributed by atoms with Crippen LogP contribution in [0.4, 0.5) is 4.39 Å². The first-order valence-electron chi connectivity index (χ1n) is 8.50. The molecular formula is C20H23FN2O3. The molecule has 1 N–H and O–H groups in total. The fourth-order valence-corrected chi connectivity index (χ4v) is 2.54. The van der Waals surface area contributed by atoms with Gasteiger partial charge in [-0.1, -0.05) is 12.1 Å². The number of nitrogens with one attached hydrogen (secondary N) is 1. The number of hydrogen-bond donors (Lipinski definition) is 1. The van der Waals surface area contributed by atoms with Crippen LogP contribution >= 0.6 is 0 Å². The van der Waals surface area contributed by atoms with E-state index in [1.807, 2.05) is 13.8 Å². The van der Waals surface area contributed by atoms with Crippen molar-refractivity contribution in [1.82, 2.24) is 10.2 Å². The maximum Gasteiger partial charge on any atom is 0.254 e. The molecule has 0 aromatic heterocycles. The molecule has 6 heteroatoms. The van der Waals surface area contributed by atoms with Crippen molar-refractivity contribution >= 4 is 11.8 Å². The van der Waals surface area contributed by atoms with Crippen LogP contribution < -0.4 is 10.1 Å². The minimum atomic E-state index is -0.637. The average Bonchev–Trinajstić information content (AvgIpc) is 2.67. The molecule has 2 aromatic carbocycles. The third-order valence-electron chi connectivity index (χ3n) is 4.13. The van der Waals surface area contributed by atoms with E-state index >= 15 is 0 Å². The van der Waals surface area contributed by atoms with Gasteiger partial charge in [0, 0.05) is 31.3 Å². The van der Waals surface area contributed by atoms with Gasteiger partial charge in [0.05, 0.1) is 12.7 Å². The molecule has 0 atom stereocenters. The Morgan fingerprint density at radius 2 is 1.73 bits per heavy atom. The van der Waals surface area contributed by atoms with Gasteiger partial charge in [0.2, 0.25) is 0 Å². The van der Waals surface area contributed by atoms with Crippen molar-refractivity contribution in [1.29, 1.82) is 0 Å². The fourth-order valence-electron chi connectivity index (χ4n) is 2.54. The van der Waals surface area contributed by atoms with Gasteiger partial charge >= 0.3 is 0 Å². The summed E-state index contributed by atoms with van der Waals surface area (Å²) in [6.45, 7) is 5.42. The first kappa shape index (κ1) is 19.4. The van der Waals surface area contributed by atoms with Crippen LogP contribution in [0.1, 0.15) is 40.1 Å². The van der Waals surface area contributed by atoms with Gasteiger partial charge < -0.3 is 15.0 Å². The first-order valence-corrected chi connectivity index (χ1v) is 8.50. The van der Waals surface area contributed by atoms with Crippen LogP contribution in [0, 0.1) is 5.82 Å². The van der Waals surface area contributed by atoms with Crippen LogP contribution in [-0.2, 0) is 6.54 Å². The number of ether oxygens (including phenoxy) is 1. The zero-order valence-corrected chi connectivity index (χ0v) is 15.2. The van der Waals surface area contributed by atoms with E-state index in [1.54, 1.807) is 29.2 Å². The van der Waals surface area contributed by atoms with Gasteiger partial charge in [-0.2, -0.15) is 0 Å². The third kappa shape index (κ3) is 4.59. The molecule has 0 aliphatic heterocycles. The normalized spacial score (nSPS) is 10.3. The summed E-state index contributed by atoms with van der Waals surface area (Å²) in [4.78, 5) is 26.1.